The van der Waals surface area contributed by atoms with Crippen LogP contribution in [0.1, 0.15) is 0 Å². The molecule has 0 bridgehead atoms. The summed E-state index contributed by atoms with van der Waals surface area (Å²) < 4.78 is 21.3. The van der Waals surface area contributed by atoms with Gasteiger partial charge in [0.2, 0.25) is 0 Å². The summed E-state index contributed by atoms with van der Waals surface area (Å²) in [6.45, 7) is 8.26. The molecule has 0 atom stereocenters. The molecule has 0 radical (unpaired) electrons. The number of hydrogen-bond acceptors (Lipinski definition) is 3. The van der Waals surface area contributed by atoms with Gasteiger partial charge < -0.3 is 14.3 Å². The van der Waals surface area contributed by atoms with E-state index in [4.69, 9.17) is 4.74 Å². The second-order valence-electron chi connectivity index (χ2n) is 7.99. The molecular weight excluding hydrogens is 359 g/mol. The van der Waals surface area contributed by atoms with Gasteiger partial charge in [0.25, 0.3) is 0 Å². The number of nitrogens with one attached hydrogen (secondary N) is 1. The first-order valence-corrected chi connectivity index (χ1v) is 12.8. The van der Waals surface area contributed by atoms with Crippen molar-refractivity contribution in [2.24, 2.45) is 0 Å². The van der Waals surface area contributed by atoms with Gasteiger partial charge >= 0.3 is 0 Å². The summed E-state index contributed by atoms with van der Waals surface area (Å²) in [6, 6.07) is 7.89. The molecule has 140 valence electrons. The minimum atomic E-state index is -1.10. The van der Waals surface area contributed by atoms with Crippen LogP contribution >= 0.6 is 0 Å². The van der Waals surface area contributed by atoms with E-state index in [1.54, 1.807) is 12.4 Å². The van der Waals surface area contributed by atoms with E-state index in [1.807, 2.05) is 23.0 Å². The summed E-state index contributed by atoms with van der Waals surface area (Å²) in [5.41, 5.74) is 3.36. The van der Waals surface area contributed by atoms with Crippen LogP contribution in [0.3, 0.4) is 0 Å². The van der Waals surface area contributed by atoms with E-state index in [9.17, 15) is 4.39 Å². The van der Waals surface area contributed by atoms with Crippen LogP contribution < -0.4 is 0 Å². The van der Waals surface area contributed by atoms with Crippen LogP contribution in [0, 0.1) is 5.82 Å². The predicted octanol–water partition coefficient (Wildman–Crippen LogP) is 5.03. The molecule has 0 fully saturated rings. The Balaban J connectivity index is 1.64. The number of H-pyrrole nitrogens is 1. The molecule has 0 aliphatic heterocycles. The SMILES string of the molecule is C[Si](C)(C)CCOCn1ccc2c(-c3c[nH]c4cc(F)ccc34)ncnc21. The Hall–Kier alpha value is -2.51. The standard InChI is InChI=1S/C20H23FN4OSi/c1-27(2,3)9-8-26-13-25-7-6-16-19(23-12-24-20(16)25)17-11-22-18-10-14(21)4-5-15(17)18/h4-7,10-12,22H,8-9,13H2,1-3H3. The summed E-state index contributed by atoms with van der Waals surface area (Å²) in [5.74, 6) is -0.259. The van der Waals surface area contributed by atoms with Gasteiger partial charge in [0.05, 0.1) is 5.69 Å². The Bertz CT molecular complexity index is 1100. The second-order valence-corrected chi connectivity index (χ2v) is 13.6. The number of aromatic amines is 1. The highest BCUT2D eigenvalue weighted by Crippen LogP contribution is 2.32. The molecule has 5 nitrogen and oxygen atoms in total. The highest BCUT2D eigenvalue weighted by atomic mass is 28.3. The van der Waals surface area contributed by atoms with E-state index in [1.165, 1.54) is 12.1 Å². The van der Waals surface area contributed by atoms with Crippen molar-refractivity contribution in [1.82, 2.24) is 19.5 Å². The quantitative estimate of drug-likeness (QED) is 0.376. The van der Waals surface area contributed by atoms with Crippen molar-refractivity contribution in [2.45, 2.75) is 32.4 Å². The molecule has 0 aliphatic rings. The fraction of sp³-hybridized carbons (Fsp3) is 0.300. The van der Waals surface area contributed by atoms with Crippen LogP contribution in [0.4, 0.5) is 4.39 Å². The maximum absolute atomic E-state index is 13.5. The van der Waals surface area contributed by atoms with E-state index < -0.39 is 8.07 Å². The number of nitrogens with zero attached hydrogens (tertiary/aromatic N) is 3. The van der Waals surface area contributed by atoms with Crippen LogP contribution in [-0.2, 0) is 11.5 Å². The van der Waals surface area contributed by atoms with Crippen molar-refractivity contribution >= 4 is 30.0 Å². The van der Waals surface area contributed by atoms with Gasteiger partial charge in [0, 0.05) is 48.9 Å². The van der Waals surface area contributed by atoms with Crippen LogP contribution in [0.25, 0.3) is 33.2 Å². The van der Waals surface area contributed by atoms with E-state index in [0.717, 1.165) is 45.8 Å². The Morgan fingerprint density at radius 1 is 1.15 bits per heavy atom. The topological polar surface area (TPSA) is 55.7 Å². The zero-order valence-corrected chi connectivity index (χ0v) is 16.8. The molecule has 0 saturated carbocycles. The van der Waals surface area contributed by atoms with Crippen molar-refractivity contribution in [1.29, 1.82) is 0 Å². The van der Waals surface area contributed by atoms with Gasteiger partial charge in [0.15, 0.2) is 0 Å². The largest absolute Gasteiger partial charge is 0.361 e. The lowest BCUT2D eigenvalue weighted by atomic mass is 10.1. The van der Waals surface area contributed by atoms with Crippen molar-refractivity contribution < 1.29 is 9.13 Å². The molecule has 4 aromatic rings. The molecule has 0 spiro atoms. The first kappa shape index (κ1) is 17.9. The van der Waals surface area contributed by atoms with Gasteiger partial charge in [-0.25, -0.2) is 14.4 Å². The van der Waals surface area contributed by atoms with Crippen molar-refractivity contribution in [3.05, 3.63) is 48.8 Å². The van der Waals surface area contributed by atoms with Crippen LogP contribution in [0.5, 0.6) is 0 Å². The lowest BCUT2D eigenvalue weighted by Crippen LogP contribution is -2.22. The summed E-state index contributed by atoms with van der Waals surface area (Å²) in [4.78, 5) is 12.1. The zero-order chi connectivity index (χ0) is 19.0. The average Bonchev–Trinajstić information content (AvgIpc) is 3.21. The Kier molecular flexibility index (Phi) is 4.57. The van der Waals surface area contributed by atoms with Gasteiger partial charge in [-0.15, -0.1) is 0 Å². The fourth-order valence-corrected chi connectivity index (χ4v) is 3.91. The maximum Gasteiger partial charge on any atom is 0.145 e. The molecular formula is C20H23FN4OSi. The Morgan fingerprint density at radius 3 is 2.81 bits per heavy atom. The molecule has 4 rings (SSSR count). The normalized spacial score (nSPS) is 12.3. The maximum atomic E-state index is 13.5. The Labute approximate surface area is 158 Å². The zero-order valence-electron chi connectivity index (χ0n) is 15.8. The van der Waals surface area contributed by atoms with Gasteiger partial charge in [-0.2, -0.15) is 0 Å². The fourth-order valence-electron chi connectivity index (χ4n) is 3.16. The number of benzene rings is 1. The van der Waals surface area contributed by atoms with Crippen molar-refractivity contribution in [3.63, 3.8) is 0 Å². The van der Waals surface area contributed by atoms with Crippen LogP contribution in [0.15, 0.2) is 43.0 Å². The molecule has 1 N–H and O–H groups in total. The number of hydrogen-bond donors (Lipinski definition) is 1. The van der Waals surface area contributed by atoms with Gasteiger partial charge in [0.1, 0.15) is 24.5 Å². The minimum absolute atomic E-state index is 0.259. The first-order valence-electron chi connectivity index (χ1n) is 9.07. The van der Waals surface area contributed by atoms with Crippen LogP contribution in [0.2, 0.25) is 25.7 Å². The monoisotopic (exact) mass is 382 g/mol. The lowest BCUT2D eigenvalue weighted by molar-refractivity contribution is 0.0899. The van der Waals surface area contributed by atoms with Crippen molar-refractivity contribution in [3.8, 4) is 11.3 Å². The number of aromatic nitrogens is 4. The minimum Gasteiger partial charge on any atom is -0.361 e. The third-order valence-electron chi connectivity index (χ3n) is 4.68. The third-order valence-corrected chi connectivity index (χ3v) is 6.39. The van der Waals surface area contributed by atoms with Gasteiger partial charge in [-0.1, -0.05) is 19.6 Å². The average molecular weight is 383 g/mol. The molecule has 0 aliphatic carbocycles. The lowest BCUT2D eigenvalue weighted by Gasteiger charge is -2.15. The summed E-state index contributed by atoms with van der Waals surface area (Å²) in [7, 11) is -1.10. The number of ether oxygens (including phenoxy) is 1. The van der Waals surface area contributed by atoms with Crippen molar-refractivity contribution in [2.75, 3.05) is 6.61 Å². The van der Waals surface area contributed by atoms with Crippen LogP contribution in [-0.4, -0.2) is 34.2 Å². The molecule has 3 heterocycles. The van der Waals surface area contributed by atoms with E-state index in [-0.39, 0.29) is 5.82 Å². The smallest absolute Gasteiger partial charge is 0.145 e. The number of rotatable bonds is 6. The number of halogens is 1. The third kappa shape index (κ3) is 3.65. The molecule has 3 aromatic heterocycles. The van der Waals surface area contributed by atoms with E-state index in [2.05, 4.69) is 34.6 Å². The summed E-state index contributed by atoms with van der Waals surface area (Å²) in [6.07, 6.45) is 5.41. The molecule has 27 heavy (non-hydrogen) atoms. The van der Waals surface area contributed by atoms with Gasteiger partial charge in [-0.05, 0) is 30.3 Å². The van der Waals surface area contributed by atoms with Gasteiger partial charge in [-0.3, -0.25) is 0 Å². The molecule has 1 aromatic carbocycles. The highest BCUT2D eigenvalue weighted by molar-refractivity contribution is 6.76. The number of fused-ring (bicyclic) bond motifs is 2. The Morgan fingerprint density at radius 2 is 2.00 bits per heavy atom. The highest BCUT2D eigenvalue weighted by Gasteiger charge is 2.15. The summed E-state index contributed by atoms with van der Waals surface area (Å²) in [5, 5.41) is 1.90. The predicted molar refractivity (Wildman–Crippen MR) is 109 cm³/mol. The van der Waals surface area contributed by atoms with E-state index in [0.29, 0.717) is 6.73 Å². The molecule has 0 amide bonds. The molecule has 0 saturated heterocycles. The summed E-state index contributed by atoms with van der Waals surface area (Å²) >= 11 is 0. The second kappa shape index (κ2) is 6.90. The molecule has 7 heteroatoms. The van der Waals surface area contributed by atoms with E-state index >= 15 is 0 Å². The first-order chi connectivity index (χ1) is 12.9. The molecule has 0 unspecified atom stereocenters.